The van der Waals surface area contributed by atoms with Gasteiger partial charge >= 0.3 is 0 Å². The number of ether oxygens (including phenoxy) is 1. The van der Waals surface area contributed by atoms with Crippen molar-refractivity contribution >= 4 is 32.6 Å². The van der Waals surface area contributed by atoms with E-state index >= 15 is 0 Å². The fourth-order valence-corrected chi connectivity index (χ4v) is 2.25. The van der Waals surface area contributed by atoms with Gasteiger partial charge in [0.2, 0.25) is 0 Å². The average Bonchev–Trinajstić information content (AvgIpc) is 2.45. The van der Waals surface area contributed by atoms with Gasteiger partial charge in [-0.1, -0.05) is 28.1 Å². The highest BCUT2D eigenvalue weighted by molar-refractivity contribution is 9.10. The highest BCUT2D eigenvalue weighted by Gasteiger charge is 2.07. The summed E-state index contributed by atoms with van der Waals surface area (Å²) in [4.78, 5) is 11.9. The maximum Gasteiger partial charge on any atom is 0.261 e. The molecule has 0 bridgehead atoms. The Balaban J connectivity index is 1.92. The van der Waals surface area contributed by atoms with Gasteiger partial charge in [0.1, 0.15) is 6.61 Å². The van der Waals surface area contributed by atoms with Gasteiger partial charge in [-0.25, -0.2) is 8.78 Å². The van der Waals surface area contributed by atoms with Crippen LogP contribution >= 0.6 is 15.9 Å². The third-order valence-corrected chi connectivity index (χ3v) is 3.33. The zero-order valence-electron chi connectivity index (χ0n) is 11.1. The minimum Gasteiger partial charge on any atom is -0.374 e. The Labute approximate surface area is 129 Å². The van der Waals surface area contributed by atoms with Crippen molar-refractivity contribution in [2.75, 3.05) is 19.8 Å². The molecule has 2 rings (SSSR count). The lowest BCUT2D eigenvalue weighted by atomic mass is 10.1. The molecule has 0 atom stereocenters. The molecule has 0 aliphatic carbocycles. The smallest absolute Gasteiger partial charge is 0.261 e. The first-order chi connectivity index (χ1) is 10.1. The first kappa shape index (κ1) is 15.9. The Hall–Kier alpha value is -1.53. The number of hydrogen-bond donors (Lipinski definition) is 1. The lowest BCUT2D eigenvalue weighted by molar-refractivity contribution is 0.0188. The second-order valence-corrected chi connectivity index (χ2v) is 5.34. The lowest BCUT2D eigenvalue weighted by Gasteiger charge is -2.07. The van der Waals surface area contributed by atoms with E-state index in [2.05, 4.69) is 21.2 Å². The fourth-order valence-electron chi connectivity index (χ4n) is 1.87. The largest absolute Gasteiger partial charge is 0.374 e. The molecule has 0 saturated heterocycles. The number of hydrogen-bond acceptors (Lipinski definition) is 2. The van der Waals surface area contributed by atoms with Crippen LogP contribution in [-0.2, 0) is 4.74 Å². The molecule has 112 valence electrons. The quantitative estimate of drug-likeness (QED) is 0.802. The zero-order chi connectivity index (χ0) is 15.2. The van der Waals surface area contributed by atoms with Crippen molar-refractivity contribution in [1.82, 2.24) is 5.32 Å². The summed E-state index contributed by atoms with van der Waals surface area (Å²) >= 11 is 3.39. The molecule has 0 fully saturated rings. The van der Waals surface area contributed by atoms with Crippen molar-refractivity contribution in [2.45, 2.75) is 6.43 Å². The Morgan fingerprint density at radius 2 is 1.90 bits per heavy atom. The van der Waals surface area contributed by atoms with Crippen molar-refractivity contribution in [3.05, 3.63) is 46.4 Å². The van der Waals surface area contributed by atoms with E-state index in [1.54, 1.807) is 12.1 Å². The maximum absolute atomic E-state index is 11.9. The van der Waals surface area contributed by atoms with Crippen LogP contribution in [0.3, 0.4) is 0 Å². The minimum atomic E-state index is -2.49. The second kappa shape index (κ2) is 7.47. The highest BCUT2D eigenvalue weighted by atomic mass is 79.9. The molecular formula is C15H14BrF2NO2. The molecule has 0 aromatic heterocycles. The van der Waals surface area contributed by atoms with Crippen molar-refractivity contribution in [2.24, 2.45) is 0 Å². The molecule has 3 nitrogen and oxygen atoms in total. The zero-order valence-corrected chi connectivity index (χ0v) is 12.7. The average molecular weight is 358 g/mol. The molecule has 6 heteroatoms. The van der Waals surface area contributed by atoms with Crippen molar-refractivity contribution in [3.63, 3.8) is 0 Å². The van der Waals surface area contributed by atoms with Gasteiger partial charge < -0.3 is 10.1 Å². The van der Waals surface area contributed by atoms with E-state index in [4.69, 9.17) is 4.74 Å². The summed E-state index contributed by atoms with van der Waals surface area (Å²) in [6.07, 6.45) is -2.49. The minimum absolute atomic E-state index is 0.0661. The monoisotopic (exact) mass is 357 g/mol. The summed E-state index contributed by atoms with van der Waals surface area (Å²) in [7, 11) is 0. The van der Waals surface area contributed by atoms with Crippen LogP contribution < -0.4 is 5.32 Å². The summed E-state index contributed by atoms with van der Waals surface area (Å²) < 4.78 is 29.4. The van der Waals surface area contributed by atoms with Crippen LogP contribution in [0.2, 0.25) is 0 Å². The van der Waals surface area contributed by atoms with Crippen molar-refractivity contribution in [3.8, 4) is 0 Å². The van der Waals surface area contributed by atoms with Crippen LogP contribution in [0.4, 0.5) is 8.78 Å². The Bertz CT molecular complexity index is 634. The van der Waals surface area contributed by atoms with E-state index in [-0.39, 0.29) is 19.1 Å². The van der Waals surface area contributed by atoms with Crippen LogP contribution in [0.1, 0.15) is 10.4 Å². The molecule has 0 heterocycles. The molecule has 0 aliphatic rings. The third-order valence-electron chi connectivity index (χ3n) is 2.84. The molecule has 0 spiro atoms. The Morgan fingerprint density at radius 1 is 1.19 bits per heavy atom. The molecule has 0 aliphatic heterocycles. The predicted octanol–water partition coefficient (Wildman–Crippen LogP) is 3.61. The van der Waals surface area contributed by atoms with Gasteiger partial charge in [-0.3, -0.25) is 4.79 Å². The van der Waals surface area contributed by atoms with Gasteiger partial charge in [-0.2, -0.15) is 0 Å². The Morgan fingerprint density at radius 3 is 2.67 bits per heavy atom. The molecule has 1 N–H and O–H groups in total. The number of rotatable bonds is 6. The van der Waals surface area contributed by atoms with E-state index in [0.29, 0.717) is 5.56 Å². The van der Waals surface area contributed by atoms with Crippen molar-refractivity contribution in [1.29, 1.82) is 0 Å². The maximum atomic E-state index is 11.9. The summed E-state index contributed by atoms with van der Waals surface area (Å²) in [5.41, 5.74) is 0.527. The van der Waals surface area contributed by atoms with Gasteiger partial charge in [0, 0.05) is 16.6 Å². The van der Waals surface area contributed by atoms with E-state index in [1.165, 1.54) is 0 Å². The standard InChI is InChI=1S/C15H14BrF2NO2/c16-13-4-3-10-7-12(2-1-11(10)8-13)15(20)19-5-6-21-9-14(17)18/h1-4,7-8,14H,5-6,9H2,(H,19,20). The summed E-state index contributed by atoms with van der Waals surface area (Å²) in [5, 5.41) is 4.62. The molecular weight excluding hydrogens is 344 g/mol. The SMILES string of the molecule is O=C(NCCOCC(F)F)c1ccc2cc(Br)ccc2c1. The fraction of sp³-hybridized carbons (Fsp3) is 0.267. The summed E-state index contributed by atoms with van der Waals surface area (Å²) in [6, 6.07) is 11.2. The topological polar surface area (TPSA) is 38.3 Å². The van der Waals surface area contributed by atoms with Crippen molar-refractivity contribution < 1.29 is 18.3 Å². The molecule has 1 amide bonds. The normalized spacial score (nSPS) is 11.0. The number of nitrogens with one attached hydrogen (secondary N) is 1. The van der Waals surface area contributed by atoms with E-state index in [9.17, 15) is 13.6 Å². The highest BCUT2D eigenvalue weighted by Crippen LogP contribution is 2.20. The number of alkyl halides is 2. The first-order valence-electron chi connectivity index (χ1n) is 6.39. The van der Waals surface area contributed by atoms with Gasteiger partial charge in [0.05, 0.1) is 6.61 Å². The van der Waals surface area contributed by atoms with Gasteiger partial charge in [-0.15, -0.1) is 0 Å². The van der Waals surface area contributed by atoms with E-state index in [1.807, 2.05) is 24.3 Å². The Kier molecular flexibility index (Phi) is 5.64. The van der Waals surface area contributed by atoms with Crippen LogP contribution in [0, 0.1) is 0 Å². The number of benzene rings is 2. The van der Waals surface area contributed by atoms with Crippen LogP contribution in [0.15, 0.2) is 40.9 Å². The predicted molar refractivity (Wildman–Crippen MR) is 80.8 cm³/mol. The molecule has 2 aromatic carbocycles. The van der Waals surface area contributed by atoms with Gasteiger partial charge in [0.15, 0.2) is 0 Å². The number of halogens is 3. The first-order valence-corrected chi connectivity index (χ1v) is 7.19. The van der Waals surface area contributed by atoms with Crippen LogP contribution in [0.5, 0.6) is 0 Å². The van der Waals surface area contributed by atoms with Gasteiger partial charge in [0.25, 0.3) is 12.3 Å². The van der Waals surface area contributed by atoms with Gasteiger partial charge in [-0.05, 0) is 35.0 Å². The summed E-state index contributed by atoms with van der Waals surface area (Å²) in [5.74, 6) is -0.250. The second-order valence-electron chi connectivity index (χ2n) is 4.43. The molecule has 0 unspecified atom stereocenters. The van der Waals surface area contributed by atoms with Crippen LogP contribution in [0.25, 0.3) is 10.8 Å². The lowest BCUT2D eigenvalue weighted by Crippen LogP contribution is -2.27. The number of carbonyl (C=O) groups excluding carboxylic acids is 1. The number of amides is 1. The van der Waals surface area contributed by atoms with E-state index < -0.39 is 13.0 Å². The molecule has 21 heavy (non-hydrogen) atoms. The number of fused-ring (bicyclic) bond motifs is 1. The molecule has 0 radical (unpaired) electrons. The number of carbonyl (C=O) groups is 1. The van der Waals surface area contributed by atoms with Crippen LogP contribution in [-0.4, -0.2) is 32.1 Å². The summed E-state index contributed by atoms with van der Waals surface area (Å²) in [6.45, 7) is -0.346. The third kappa shape index (κ3) is 4.75. The molecule has 2 aromatic rings. The van der Waals surface area contributed by atoms with E-state index in [0.717, 1.165) is 15.2 Å². The molecule has 0 saturated carbocycles.